The van der Waals surface area contributed by atoms with Gasteiger partial charge in [-0.05, 0) is 0 Å². The third-order valence-electron chi connectivity index (χ3n) is 0. The van der Waals surface area contributed by atoms with E-state index in [1.54, 1.807) is 0 Å². The maximum atomic E-state index is 3.35. The molecule has 0 saturated carbocycles. The van der Waals surface area contributed by atoms with Crippen LogP contribution in [-0.4, -0.2) is 0 Å². The molecule has 0 aliphatic carbocycles. The summed E-state index contributed by atoms with van der Waals surface area (Å²) in [4.78, 5) is 0. The molecule has 53 valence electrons. The summed E-state index contributed by atoms with van der Waals surface area (Å²) in [6.07, 6.45) is 0. The minimum absolute atomic E-state index is 0. The molecule has 0 aromatic carbocycles. The quantitative estimate of drug-likeness (QED) is 0.338. The summed E-state index contributed by atoms with van der Waals surface area (Å²) in [6, 6.07) is 0. The van der Waals surface area contributed by atoms with E-state index in [1.165, 1.54) is 0 Å². The summed E-state index contributed by atoms with van der Waals surface area (Å²) in [7, 11) is 0. The van der Waals surface area contributed by atoms with Crippen molar-refractivity contribution >= 4 is 79.8 Å². The van der Waals surface area contributed by atoms with Gasteiger partial charge in [0.1, 0.15) is 0 Å². The Morgan fingerprint density at radius 2 is 0.625 bits per heavy atom. The number of rotatable bonds is 0. The minimum atomic E-state index is -3.25. The second-order valence-corrected chi connectivity index (χ2v) is 150. The molecule has 0 spiro atoms. The van der Waals surface area contributed by atoms with Crippen LogP contribution in [0.4, 0.5) is 0 Å². The summed E-state index contributed by atoms with van der Waals surface area (Å²) in [6.45, 7) is 0. The van der Waals surface area contributed by atoms with Gasteiger partial charge in [-0.2, -0.15) is 0 Å². The van der Waals surface area contributed by atoms with Crippen molar-refractivity contribution < 1.29 is 52.6 Å². The summed E-state index contributed by atoms with van der Waals surface area (Å²) in [5.74, 6) is 0. The largest absolute Gasteiger partial charge is 1.00 e. The van der Waals surface area contributed by atoms with Crippen molar-refractivity contribution in [1.29, 1.82) is 0 Å². The molecule has 0 saturated heterocycles. The van der Waals surface area contributed by atoms with Gasteiger partial charge < -0.3 is 0 Å². The molecular weight excluding hydrogens is 714 g/mol. The van der Waals surface area contributed by atoms with Crippen molar-refractivity contribution in [3.05, 3.63) is 0 Å². The van der Waals surface area contributed by atoms with Gasteiger partial charge in [0.05, 0.1) is 0 Å². The van der Waals surface area contributed by atoms with E-state index < -0.39 is 1.22 Å². The minimum Gasteiger partial charge on any atom is 1.00 e. The van der Waals surface area contributed by atoms with Gasteiger partial charge in [-0.25, -0.2) is 0 Å². The molecule has 0 amide bonds. The van der Waals surface area contributed by atoms with Gasteiger partial charge in [-0.15, -0.1) is 0 Å². The van der Waals surface area contributed by atoms with Crippen LogP contribution in [0.2, 0.25) is 0 Å². The first-order valence-electron chi connectivity index (χ1n) is 0.717. The number of hydrogen-bond donors (Lipinski definition) is 0. The molecule has 0 N–H and O–H groups in total. The Labute approximate surface area is 128 Å². The van der Waals surface area contributed by atoms with Crippen LogP contribution < -0.4 is 51.4 Å². The van der Waals surface area contributed by atoms with Crippen LogP contribution in [-0.2, 0) is 1.22 Å². The predicted octanol–water partition coefficient (Wildman–Crippen LogP) is 2.08. The van der Waals surface area contributed by atoms with Gasteiger partial charge in [0, 0.05) is 0 Å². The fourth-order valence-electron chi connectivity index (χ4n) is 0. The summed E-state index contributed by atoms with van der Waals surface area (Å²) >= 11 is 20.1. The van der Waals surface area contributed by atoms with E-state index in [2.05, 4.69) is 79.8 Å². The van der Waals surface area contributed by atoms with E-state index in [0.29, 0.717) is 0 Å². The van der Waals surface area contributed by atoms with Gasteiger partial charge >= 0.3 is 132 Å². The Morgan fingerprint density at radius 1 is 0.625 bits per heavy atom. The van der Waals surface area contributed by atoms with Gasteiger partial charge in [0.25, 0.3) is 0 Å². The van der Waals surface area contributed by atoms with Crippen LogP contribution in [0.25, 0.3) is 0 Å². The van der Waals surface area contributed by atoms with E-state index in [4.69, 9.17) is 0 Å². The first kappa shape index (κ1) is 15.7. The fraction of sp³-hybridized carbons (Fsp3) is 0. The van der Waals surface area contributed by atoms with Crippen molar-refractivity contribution in [2.24, 2.45) is 0 Å². The maximum absolute atomic E-state index is 3.35. The number of hydrogen-bond acceptors (Lipinski definition) is 0. The van der Waals surface area contributed by atoms with E-state index in [1.807, 2.05) is 0 Å². The van der Waals surface area contributed by atoms with Crippen LogP contribution in [0, 0.1) is 0 Å². The molecule has 0 atom stereocenters. The van der Waals surface area contributed by atoms with Crippen molar-refractivity contribution in [1.82, 2.24) is 0 Å². The van der Waals surface area contributed by atoms with Crippen molar-refractivity contribution in [3.63, 3.8) is 0 Å². The number of halogens is 6. The van der Waals surface area contributed by atoms with Gasteiger partial charge in [-0.1, -0.05) is 0 Å². The summed E-state index contributed by atoms with van der Waals surface area (Å²) in [5, 5.41) is 0. The van der Waals surface area contributed by atoms with Crippen LogP contribution in [0.3, 0.4) is 0 Å². The van der Waals surface area contributed by atoms with Gasteiger partial charge in [0.2, 0.25) is 0 Å². The fourth-order valence-corrected chi connectivity index (χ4v) is 0. The van der Waals surface area contributed by atoms with Crippen LogP contribution in [0.1, 0.15) is 0 Å². The molecular formula is Br6KPt. The summed E-state index contributed by atoms with van der Waals surface area (Å²) < 4.78 is -3.25. The summed E-state index contributed by atoms with van der Waals surface area (Å²) in [5.41, 5.74) is 0. The van der Waals surface area contributed by atoms with E-state index in [0.717, 1.165) is 0 Å². The van der Waals surface area contributed by atoms with Crippen molar-refractivity contribution in [2.75, 3.05) is 0 Å². The molecule has 8 heavy (non-hydrogen) atoms. The predicted molar refractivity (Wildman–Crippen MR) is 53.6 cm³/mol. The molecule has 0 aliphatic heterocycles. The molecule has 0 bridgehead atoms. The molecule has 0 aromatic heterocycles. The first-order valence-corrected chi connectivity index (χ1v) is 30.5. The smallest absolute Gasteiger partial charge is 1.00 e. The molecule has 0 unspecified atom stereocenters. The zero-order chi connectivity index (χ0) is 6.41. The third kappa shape index (κ3) is 43.1. The van der Waals surface area contributed by atoms with Crippen LogP contribution >= 0.6 is 79.8 Å². The van der Waals surface area contributed by atoms with E-state index in [-0.39, 0.29) is 51.4 Å². The van der Waals surface area contributed by atoms with Crippen LogP contribution in [0.5, 0.6) is 0 Å². The van der Waals surface area contributed by atoms with E-state index in [9.17, 15) is 0 Å². The molecule has 0 nitrogen and oxygen atoms in total. The Hall–Kier alpha value is 5.20. The molecule has 0 aliphatic rings. The Morgan fingerprint density at radius 3 is 0.625 bits per heavy atom. The Kier molecular flexibility index (Phi) is 7.35. The average Bonchev–Trinajstić information content (AvgIpc) is 0.592. The molecule has 0 fully saturated rings. The first-order chi connectivity index (χ1) is 2.45. The molecule has 0 aromatic rings. The monoisotopic (exact) mass is 707 g/mol. The second-order valence-electron chi connectivity index (χ2n) is 0.678. The topological polar surface area (TPSA) is 0 Å². The maximum Gasteiger partial charge on any atom is 1.00 e. The standard InChI is InChI=1S/6BrH.K.Pt/h6*1H;;/q;;;;;;+1;+5/p-6. The Balaban J connectivity index is 0. The van der Waals surface area contributed by atoms with Gasteiger partial charge in [-0.3, -0.25) is 0 Å². The molecule has 0 radical (unpaired) electrons. The zero-order valence-corrected chi connectivity index (χ0v) is 18.5. The van der Waals surface area contributed by atoms with E-state index >= 15 is 0 Å². The molecule has 0 heterocycles. The Bertz CT molecular complexity index is 67.1. The normalized spacial score (nSPS) is 20.2. The third-order valence-corrected chi connectivity index (χ3v) is 0. The average molecular weight is 714 g/mol. The van der Waals surface area contributed by atoms with Crippen LogP contribution in [0.15, 0.2) is 0 Å². The van der Waals surface area contributed by atoms with Crippen molar-refractivity contribution in [2.45, 2.75) is 0 Å². The van der Waals surface area contributed by atoms with Crippen molar-refractivity contribution in [3.8, 4) is 0 Å². The molecule has 8 heteroatoms. The molecule has 0 rings (SSSR count). The SMILES string of the molecule is [Br][Pt-]([Br])([Br])([Br])([Br])[Br].[K+]. The zero-order valence-electron chi connectivity index (χ0n) is 3.58. The second kappa shape index (κ2) is 3.75. The van der Waals surface area contributed by atoms with Gasteiger partial charge in [0.15, 0.2) is 0 Å².